The van der Waals surface area contributed by atoms with Gasteiger partial charge in [0.15, 0.2) is 0 Å². The summed E-state index contributed by atoms with van der Waals surface area (Å²) in [6.07, 6.45) is 11.8. The van der Waals surface area contributed by atoms with Gasteiger partial charge in [-0.25, -0.2) is 0 Å². The van der Waals surface area contributed by atoms with Crippen LogP contribution >= 0.6 is 35.3 Å². The van der Waals surface area contributed by atoms with Crippen LogP contribution in [0.2, 0.25) is 0 Å². The van der Waals surface area contributed by atoms with E-state index in [1.54, 1.807) is 0 Å². The molecule has 19 heavy (non-hydrogen) atoms. The van der Waals surface area contributed by atoms with E-state index in [1.807, 2.05) is 35.3 Å². The maximum atomic E-state index is 3.65. The van der Waals surface area contributed by atoms with Crippen LogP contribution in [-0.2, 0) is 6.42 Å². The summed E-state index contributed by atoms with van der Waals surface area (Å²) in [6, 6.07) is 5.47. The summed E-state index contributed by atoms with van der Waals surface area (Å²) in [4.78, 5) is 4.32. The van der Waals surface area contributed by atoms with E-state index in [9.17, 15) is 0 Å². The van der Waals surface area contributed by atoms with Crippen molar-refractivity contribution in [3.63, 3.8) is 0 Å². The highest BCUT2D eigenvalue weighted by Gasteiger charge is 2.15. The Kier molecular flexibility index (Phi) is 6.46. The Bertz CT molecular complexity index is 389. The Hall–Kier alpha value is 0.230. The van der Waals surface area contributed by atoms with Crippen molar-refractivity contribution in [3.05, 3.63) is 17.7 Å². The van der Waals surface area contributed by atoms with Gasteiger partial charge in [-0.3, -0.25) is 0 Å². The zero-order valence-corrected chi connectivity index (χ0v) is 14.4. The lowest BCUT2D eigenvalue weighted by molar-refractivity contribution is 0.399. The quantitative estimate of drug-likeness (QED) is 0.801. The van der Waals surface area contributed by atoms with Crippen LogP contribution in [0.5, 0.6) is 0 Å². The second kappa shape index (κ2) is 7.87. The Morgan fingerprint density at radius 2 is 1.74 bits per heavy atom. The molecule has 4 heteroatoms. The van der Waals surface area contributed by atoms with Crippen molar-refractivity contribution in [1.82, 2.24) is 5.32 Å². The van der Waals surface area contributed by atoms with Crippen LogP contribution in [0.1, 0.15) is 24.8 Å². The first-order valence-corrected chi connectivity index (χ1v) is 10.5. The van der Waals surface area contributed by atoms with Crippen molar-refractivity contribution in [2.24, 2.45) is 0 Å². The summed E-state index contributed by atoms with van der Waals surface area (Å²) in [6.45, 7) is 1.19. The molecule has 1 fully saturated rings. The maximum Gasteiger partial charge on any atom is 0.0341 e. The molecule has 0 radical (unpaired) electrons. The van der Waals surface area contributed by atoms with Crippen molar-refractivity contribution in [3.8, 4) is 0 Å². The highest BCUT2D eigenvalue weighted by atomic mass is 32.2. The van der Waals surface area contributed by atoms with Gasteiger partial charge in [-0.05, 0) is 62.3 Å². The summed E-state index contributed by atoms with van der Waals surface area (Å²) in [7, 11) is 0. The Labute approximate surface area is 130 Å². The molecule has 0 aliphatic carbocycles. The van der Waals surface area contributed by atoms with Gasteiger partial charge in [0.25, 0.3) is 0 Å². The SMILES string of the molecule is CSc1cc(CC2CCCCN2)cc(SC)c1SC. The number of hydrogen-bond acceptors (Lipinski definition) is 4. The molecule has 1 aliphatic heterocycles. The molecule has 1 aliphatic rings. The first-order chi connectivity index (χ1) is 9.28. The van der Waals surface area contributed by atoms with Crippen molar-refractivity contribution < 1.29 is 0 Å². The van der Waals surface area contributed by atoms with Crippen LogP contribution in [-0.4, -0.2) is 31.4 Å². The molecule has 2 rings (SSSR count). The van der Waals surface area contributed by atoms with Crippen LogP contribution in [0.4, 0.5) is 0 Å². The fourth-order valence-corrected chi connectivity index (χ4v) is 5.35. The Morgan fingerprint density at radius 1 is 1.05 bits per heavy atom. The van der Waals surface area contributed by atoms with E-state index in [0.29, 0.717) is 6.04 Å². The van der Waals surface area contributed by atoms with Gasteiger partial charge < -0.3 is 5.32 Å². The van der Waals surface area contributed by atoms with E-state index in [4.69, 9.17) is 0 Å². The van der Waals surface area contributed by atoms with E-state index in [2.05, 4.69) is 36.2 Å². The molecule has 1 nitrogen and oxygen atoms in total. The van der Waals surface area contributed by atoms with Gasteiger partial charge in [-0.15, -0.1) is 35.3 Å². The molecule has 1 atom stereocenters. The van der Waals surface area contributed by atoms with Gasteiger partial charge >= 0.3 is 0 Å². The van der Waals surface area contributed by atoms with Crippen LogP contribution < -0.4 is 5.32 Å². The zero-order valence-electron chi connectivity index (χ0n) is 12.0. The smallest absolute Gasteiger partial charge is 0.0341 e. The largest absolute Gasteiger partial charge is 0.314 e. The maximum absolute atomic E-state index is 3.65. The van der Waals surface area contributed by atoms with E-state index in [1.165, 1.54) is 52.5 Å². The molecular formula is C15H23NS3. The average molecular weight is 314 g/mol. The molecule has 1 saturated heterocycles. The minimum atomic E-state index is 0.679. The van der Waals surface area contributed by atoms with E-state index in [-0.39, 0.29) is 0 Å². The topological polar surface area (TPSA) is 12.0 Å². The molecule has 106 valence electrons. The fraction of sp³-hybridized carbons (Fsp3) is 0.600. The van der Waals surface area contributed by atoms with Gasteiger partial charge in [-0.2, -0.15) is 0 Å². The monoisotopic (exact) mass is 313 g/mol. The minimum Gasteiger partial charge on any atom is -0.314 e. The van der Waals surface area contributed by atoms with Gasteiger partial charge in [0.2, 0.25) is 0 Å². The molecule has 0 bridgehead atoms. The van der Waals surface area contributed by atoms with Crippen molar-refractivity contribution in [2.75, 3.05) is 25.3 Å². The number of benzene rings is 1. The minimum absolute atomic E-state index is 0.679. The van der Waals surface area contributed by atoms with Crippen molar-refractivity contribution in [1.29, 1.82) is 0 Å². The molecule has 1 unspecified atom stereocenters. The summed E-state index contributed by atoms with van der Waals surface area (Å²) in [5, 5.41) is 3.65. The van der Waals surface area contributed by atoms with Gasteiger partial charge in [-0.1, -0.05) is 6.42 Å². The predicted molar refractivity (Wildman–Crippen MR) is 91.1 cm³/mol. The van der Waals surface area contributed by atoms with E-state index >= 15 is 0 Å². The lowest BCUT2D eigenvalue weighted by Gasteiger charge is -2.24. The average Bonchev–Trinajstić information content (AvgIpc) is 2.47. The van der Waals surface area contributed by atoms with Gasteiger partial charge in [0, 0.05) is 20.7 Å². The van der Waals surface area contributed by atoms with E-state index < -0.39 is 0 Å². The molecule has 1 aromatic rings. The summed E-state index contributed by atoms with van der Waals surface area (Å²) < 4.78 is 0. The molecular weight excluding hydrogens is 290 g/mol. The van der Waals surface area contributed by atoms with Crippen LogP contribution in [0.25, 0.3) is 0 Å². The first kappa shape index (κ1) is 15.6. The molecule has 1 heterocycles. The number of rotatable bonds is 5. The summed E-state index contributed by atoms with van der Waals surface area (Å²) >= 11 is 5.61. The molecule has 0 aromatic heterocycles. The Morgan fingerprint density at radius 3 is 2.21 bits per heavy atom. The third-order valence-corrected chi connectivity index (χ3v) is 6.25. The third-order valence-electron chi connectivity index (χ3n) is 3.62. The van der Waals surface area contributed by atoms with Crippen molar-refractivity contribution >= 4 is 35.3 Å². The number of hydrogen-bond donors (Lipinski definition) is 1. The lowest BCUT2D eigenvalue weighted by Crippen LogP contribution is -2.35. The molecule has 0 spiro atoms. The van der Waals surface area contributed by atoms with Crippen molar-refractivity contribution in [2.45, 2.75) is 46.4 Å². The summed E-state index contributed by atoms with van der Waals surface area (Å²) in [5.74, 6) is 0. The fourth-order valence-electron chi connectivity index (χ4n) is 2.64. The number of thioether (sulfide) groups is 3. The highest BCUT2D eigenvalue weighted by molar-refractivity contribution is 8.03. The van der Waals surface area contributed by atoms with Crippen LogP contribution in [0, 0.1) is 0 Å². The highest BCUT2D eigenvalue weighted by Crippen LogP contribution is 2.37. The second-order valence-electron chi connectivity index (χ2n) is 4.88. The van der Waals surface area contributed by atoms with E-state index in [0.717, 1.165) is 0 Å². The third kappa shape index (κ3) is 4.10. The first-order valence-electron chi connectivity index (χ1n) is 6.80. The Balaban J connectivity index is 2.20. The number of nitrogens with one attached hydrogen (secondary N) is 1. The standard InChI is InChI=1S/C15H23NS3/c1-17-13-9-11(8-12-6-4-5-7-16-12)10-14(18-2)15(13)19-3/h9-10,12,16H,4-8H2,1-3H3. The van der Waals surface area contributed by atoms with Gasteiger partial charge in [0.1, 0.15) is 0 Å². The predicted octanol–water partition coefficient (Wildman–Crippen LogP) is 4.54. The molecule has 1 N–H and O–H groups in total. The molecule has 1 aromatic carbocycles. The van der Waals surface area contributed by atoms with Crippen LogP contribution in [0.3, 0.4) is 0 Å². The lowest BCUT2D eigenvalue weighted by atomic mass is 9.98. The van der Waals surface area contributed by atoms with Crippen LogP contribution in [0.15, 0.2) is 26.8 Å². The normalized spacial score (nSPS) is 19.6. The second-order valence-corrected chi connectivity index (χ2v) is 7.40. The number of piperidine rings is 1. The molecule has 0 saturated carbocycles. The molecule has 0 amide bonds. The summed E-state index contributed by atoms with van der Waals surface area (Å²) in [5.41, 5.74) is 1.49. The zero-order chi connectivity index (χ0) is 13.7. The van der Waals surface area contributed by atoms with Gasteiger partial charge in [0.05, 0.1) is 0 Å².